The Balaban J connectivity index is 2.02. The van der Waals surface area contributed by atoms with E-state index < -0.39 is 5.92 Å². The van der Waals surface area contributed by atoms with Crippen molar-refractivity contribution >= 4 is 5.97 Å². The number of hydrogen-bond acceptors (Lipinski definition) is 4. The van der Waals surface area contributed by atoms with Crippen molar-refractivity contribution in [3.8, 4) is 0 Å². The van der Waals surface area contributed by atoms with Gasteiger partial charge in [0.2, 0.25) is 0 Å². The molecule has 0 aromatic heterocycles. The standard InChI is InChI=1S/C20H23NO3/c1-3-23-20(22)17-18(15-10-6-4-7-11-15)21(2)14-24-19(17)16-12-8-5-9-13-16/h4-13,17-19H,3,14H2,1-2H3. The summed E-state index contributed by atoms with van der Waals surface area (Å²) in [6, 6.07) is 19.9. The predicted octanol–water partition coefficient (Wildman–Crippen LogP) is 3.57. The first-order chi connectivity index (χ1) is 11.7. The van der Waals surface area contributed by atoms with Crippen LogP contribution in [0.3, 0.4) is 0 Å². The molecule has 4 heteroatoms. The molecule has 0 radical (unpaired) electrons. The van der Waals surface area contributed by atoms with E-state index >= 15 is 0 Å². The van der Waals surface area contributed by atoms with Crippen LogP contribution in [0, 0.1) is 5.92 Å². The Labute approximate surface area is 143 Å². The van der Waals surface area contributed by atoms with Crippen molar-refractivity contribution < 1.29 is 14.3 Å². The van der Waals surface area contributed by atoms with Gasteiger partial charge >= 0.3 is 5.97 Å². The minimum Gasteiger partial charge on any atom is -0.466 e. The molecular formula is C20H23NO3. The fourth-order valence-electron chi connectivity index (χ4n) is 3.37. The molecule has 4 nitrogen and oxygen atoms in total. The average molecular weight is 325 g/mol. The summed E-state index contributed by atoms with van der Waals surface area (Å²) in [5.41, 5.74) is 2.10. The van der Waals surface area contributed by atoms with E-state index in [1.165, 1.54) is 0 Å². The monoisotopic (exact) mass is 325 g/mol. The third-order valence-corrected chi connectivity index (χ3v) is 4.43. The first-order valence-corrected chi connectivity index (χ1v) is 8.30. The van der Waals surface area contributed by atoms with Crippen LogP contribution < -0.4 is 0 Å². The van der Waals surface area contributed by atoms with Crippen molar-refractivity contribution in [1.82, 2.24) is 4.90 Å². The molecule has 0 saturated carbocycles. The summed E-state index contributed by atoms with van der Waals surface area (Å²) in [4.78, 5) is 14.8. The molecule has 2 aromatic carbocycles. The normalized spacial score (nSPS) is 24.5. The Morgan fingerprint density at radius 3 is 2.25 bits per heavy atom. The molecule has 3 atom stereocenters. The van der Waals surface area contributed by atoms with Crippen molar-refractivity contribution in [2.45, 2.75) is 19.1 Å². The molecule has 0 amide bonds. The number of nitrogens with zero attached hydrogens (tertiary/aromatic N) is 1. The van der Waals surface area contributed by atoms with E-state index in [4.69, 9.17) is 9.47 Å². The number of carbonyl (C=O) groups is 1. The van der Waals surface area contributed by atoms with E-state index in [1.54, 1.807) is 0 Å². The van der Waals surface area contributed by atoms with E-state index in [0.29, 0.717) is 13.3 Å². The second-order valence-corrected chi connectivity index (χ2v) is 6.02. The zero-order valence-electron chi connectivity index (χ0n) is 14.1. The lowest BCUT2D eigenvalue weighted by molar-refractivity contribution is -0.177. The van der Waals surface area contributed by atoms with Gasteiger partial charge in [-0.25, -0.2) is 0 Å². The zero-order chi connectivity index (χ0) is 16.9. The number of benzene rings is 2. The molecule has 0 aliphatic carbocycles. The number of ether oxygens (including phenoxy) is 2. The molecule has 0 bridgehead atoms. The maximum absolute atomic E-state index is 12.8. The Bertz CT molecular complexity index is 659. The van der Waals surface area contributed by atoms with Gasteiger partial charge in [-0.2, -0.15) is 0 Å². The Morgan fingerprint density at radius 1 is 1.08 bits per heavy atom. The molecule has 1 aliphatic heterocycles. The molecule has 0 N–H and O–H groups in total. The highest BCUT2D eigenvalue weighted by Crippen LogP contribution is 2.42. The molecule has 1 fully saturated rings. The largest absolute Gasteiger partial charge is 0.466 e. The summed E-state index contributed by atoms with van der Waals surface area (Å²) in [6.45, 7) is 2.66. The average Bonchev–Trinajstić information content (AvgIpc) is 2.63. The topological polar surface area (TPSA) is 38.8 Å². The second kappa shape index (κ2) is 7.60. The molecule has 24 heavy (non-hydrogen) atoms. The van der Waals surface area contributed by atoms with Crippen molar-refractivity contribution in [3.63, 3.8) is 0 Å². The zero-order valence-corrected chi connectivity index (χ0v) is 14.1. The summed E-state index contributed by atoms with van der Waals surface area (Å²) >= 11 is 0. The van der Waals surface area contributed by atoms with Crippen molar-refractivity contribution in [2.75, 3.05) is 20.4 Å². The predicted molar refractivity (Wildman–Crippen MR) is 92.2 cm³/mol. The van der Waals surface area contributed by atoms with Gasteiger partial charge in [0.1, 0.15) is 12.6 Å². The van der Waals surface area contributed by atoms with Crippen LogP contribution in [0.1, 0.15) is 30.2 Å². The first-order valence-electron chi connectivity index (χ1n) is 8.30. The summed E-state index contributed by atoms with van der Waals surface area (Å²) < 4.78 is 11.4. The van der Waals surface area contributed by atoms with Gasteiger partial charge in [0, 0.05) is 0 Å². The van der Waals surface area contributed by atoms with Gasteiger partial charge in [-0.1, -0.05) is 60.7 Å². The smallest absolute Gasteiger partial charge is 0.313 e. The highest BCUT2D eigenvalue weighted by Gasteiger charge is 2.44. The number of hydrogen-bond donors (Lipinski definition) is 0. The van der Waals surface area contributed by atoms with Crippen LogP contribution in [0.25, 0.3) is 0 Å². The molecule has 1 heterocycles. The lowest BCUT2D eigenvalue weighted by Crippen LogP contribution is -2.45. The molecule has 1 aliphatic rings. The number of carbonyl (C=O) groups excluding carboxylic acids is 1. The summed E-state index contributed by atoms with van der Waals surface area (Å²) in [6.07, 6.45) is -0.313. The molecule has 2 aromatic rings. The fraction of sp³-hybridized carbons (Fsp3) is 0.350. The first kappa shape index (κ1) is 16.7. The number of esters is 1. The van der Waals surface area contributed by atoms with Crippen molar-refractivity contribution in [2.24, 2.45) is 5.92 Å². The van der Waals surface area contributed by atoms with E-state index in [2.05, 4.69) is 17.0 Å². The van der Waals surface area contributed by atoms with Crippen LogP contribution in [0.5, 0.6) is 0 Å². The van der Waals surface area contributed by atoms with Crippen molar-refractivity contribution in [1.29, 1.82) is 0 Å². The minimum absolute atomic E-state index is 0.0794. The van der Waals surface area contributed by atoms with E-state index in [-0.39, 0.29) is 18.1 Å². The van der Waals surface area contributed by atoms with Gasteiger partial charge in [-0.3, -0.25) is 9.69 Å². The van der Waals surface area contributed by atoms with Crippen LogP contribution in [0.15, 0.2) is 60.7 Å². The lowest BCUT2D eigenvalue weighted by Gasteiger charge is -2.42. The molecule has 3 unspecified atom stereocenters. The molecule has 126 valence electrons. The highest BCUT2D eigenvalue weighted by atomic mass is 16.5. The molecule has 3 rings (SSSR count). The maximum Gasteiger partial charge on any atom is 0.313 e. The maximum atomic E-state index is 12.8. The molecular weight excluding hydrogens is 302 g/mol. The van der Waals surface area contributed by atoms with Crippen molar-refractivity contribution in [3.05, 3.63) is 71.8 Å². The Hall–Kier alpha value is -2.17. The van der Waals surface area contributed by atoms with E-state index in [1.807, 2.05) is 62.5 Å². The lowest BCUT2D eigenvalue weighted by atomic mass is 9.83. The summed E-state index contributed by atoms with van der Waals surface area (Å²) in [5.74, 6) is -0.625. The third-order valence-electron chi connectivity index (χ3n) is 4.43. The van der Waals surface area contributed by atoms with Gasteiger partial charge in [0.25, 0.3) is 0 Å². The SMILES string of the molecule is CCOC(=O)C1C(c2ccccc2)OCN(C)C1c1ccccc1. The van der Waals surface area contributed by atoms with Crippen LogP contribution in [0.4, 0.5) is 0 Å². The van der Waals surface area contributed by atoms with Crippen LogP contribution in [-0.4, -0.2) is 31.3 Å². The summed E-state index contributed by atoms with van der Waals surface area (Å²) in [5, 5.41) is 0. The van der Waals surface area contributed by atoms with Gasteiger partial charge in [0.15, 0.2) is 0 Å². The fourth-order valence-corrected chi connectivity index (χ4v) is 3.37. The summed E-state index contributed by atoms with van der Waals surface area (Å²) in [7, 11) is 1.98. The van der Waals surface area contributed by atoms with Gasteiger partial charge in [-0.15, -0.1) is 0 Å². The molecule has 0 spiro atoms. The molecule has 1 saturated heterocycles. The number of rotatable bonds is 4. The van der Waals surface area contributed by atoms with Gasteiger partial charge < -0.3 is 9.47 Å². The van der Waals surface area contributed by atoms with Crippen LogP contribution in [-0.2, 0) is 14.3 Å². The third kappa shape index (κ3) is 3.35. The Kier molecular flexibility index (Phi) is 5.28. The minimum atomic E-state index is -0.409. The van der Waals surface area contributed by atoms with E-state index in [0.717, 1.165) is 11.1 Å². The highest BCUT2D eigenvalue weighted by molar-refractivity contribution is 5.75. The Morgan fingerprint density at radius 2 is 1.67 bits per heavy atom. The van der Waals surface area contributed by atoms with Gasteiger partial charge in [0.05, 0.1) is 18.8 Å². The van der Waals surface area contributed by atoms with Crippen LogP contribution >= 0.6 is 0 Å². The second-order valence-electron chi connectivity index (χ2n) is 6.02. The van der Waals surface area contributed by atoms with Gasteiger partial charge in [-0.05, 0) is 25.1 Å². The van der Waals surface area contributed by atoms with E-state index in [9.17, 15) is 4.79 Å². The quantitative estimate of drug-likeness (QED) is 0.806. The van der Waals surface area contributed by atoms with Crippen LogP contribution in [0.2, 0.25) is 0 Å².